The Bertz CT molecular complexity index is 1030. The number of pyridine rings is 1. The molecule has 0 spiro atoms. The van der Waals surface area contributed by atoms with Gasteiger partial charge in [0.05, 0.1) is 44.6 Å². The number of rotatable bonds is 9. The van der Waals surface area contributed by atoms with Gasteiger partial charge in [0, 0.05) is 24.2 Å². The minimum atomic E-state index is -0.291. The third kappa shape index (κ3) is 5.69. The number of methoxy groups -OCH3 is 2. The Hall–Kier alpha value is -3.68. The largest absolute Gasteiger partial charge is 0.497 e. The van der Waals surface area contributed by atoms with Crippen molar-refractivity contribution in [2.75, 3.05) is 27.4 Å². The number of hydrogen-bond acceptors (Lipinski definition) is 7. The van der Waals surface area contributed by atoms with Gasteiger partial charge in [-0.25, -0.2) is 9.97 Å². The molecular formula is C23H26N4O4. The van der Waals surface area contributed by atoms with Crippen molar-refractivity contribution in [3.8, 4) is 28.6 Å². The van der Waals surface area contributed by atoms with Crippen molar-refractivity contribution in [1.82, 2.24) is 20.3 Å². The number of aryl methyl sites for hydroxylation is 1. The fraction of sp³-hybridized carbons (Fsp3) is 0.304. The summed E-state index contributed by atoms with van der Waals surface area (Å²) >= 11 is 0. The zero-order chi connectivity index (χ0) is 22.2. The SMILES string of the molecule is CCOc1ccc(-c2cncc(C(=O)NCCc3cc(OC)cc(OC)c3)n2)c(C)n1. The smallest absolute Gasteiger partial charge is 0.271 e. The van der Waals surface area contributed by atoms with Crippen molar-refractivity contribution in [3.05, 3.63) is 59.7 Å². The fourth-order valence-electron chi connectivity index (χ4n) is 3.06. The molecule has 0 radical (unpaired) electrons. The van der Waals surface area contributed by atoms with E-state index >= 15 is 0 Å². The van der Waals surface area contributed by atoms with Gasteiger partial charge in [0.2, 0.25) is 5.88 Å². The molecule has 0 saturated heterocycles. The Morgan fingerprint density at radius 1 is 1.03 bits per heavy atom. The van der Waals surface area contributed by atoms with Crippen LogP contribution in [0, 0.1) is 6.92 Å². The van der Waals surface area contributed by atoms with Crippen LogP contribution in [0.5, 0.6) is 17.4 Å². The third-order valence-corrected chi connectivity index (χ3v) is 4.61. The van der Waals surface area contributed by atoms with Crippen LogP contribution >= 0.6 is 0 Å². The molecule has 0 atom stereocenters. The molecule has 2 aromatic heterocycles. The van der Waals surface area contributed by atoms with Gasteiger partial charge in [0.15, 0.2) is 0 Å². The number of aromatic nitrogens is 3. The van der Waals surface area contributed by atoms with Crippen molar-refractivity contribution in [2.24, 2.45) is 0 Å². The molecule has 0 aliphatic rings. The third-order valence-electron chi connectivity index (χ3n) is 4.61. The first-order valence-electron chi connectivity index (χ1n) is 9.97. The van der Waals surface area contributed by atoms with E-state index in [1.165, 1.54) is 6.20 Å². The topological polar surface area (TPSA) is 95.5 Å². The molecule has 162 valence electrons. The van der Waals surface area contributed by atoms with Crippen molar-refractivity contribution in [2.45, 2.75) is 20.3 Å². The molecule has 31 heavy (non-hydrogen) atoms. The second-order valence-electron chi connectivity index (χ2n) is 6.73. The van der Waals surface area contributed by atoms with Gasteiger partial charge in [-0.2, -0.15) is 0 Å². The quantitative estimate of drug-likeness (QED) is 0.566. The summed E-state index contributed by atoms with van der Waals surface area (Å²) in [6.45, 7) is 4.76. The predicted molar refractivity (Wildman–Crippen MR) is 117 cm³/mol. The summed E-state index contributed by atoms with van der Waals surface area (Å²) in [5.74, 6) is 1.68. The van der Waals surface area contributed by atoms with Gasteiger partial charge in [0.25, 0.3) is 5.91 Å². The molecule has 0 bridgehead atoms. The Balaban J connectivity index is 1.67. The summed E-state index contributed by atoms with van der Waals surface area (Å²) in [7, 11) is 3.21. The van der Waals surface area contributed by atoms with Crippen molar-refractivity contribution < 1.29 is 19.0 Å². The Morgan fingerprint density at radius 2 is 1.77 bits per heavy atom. The van der Waals surface area contributed by atoms with Crippen LogP contribution in [0.4, 0.5) is 0 Å². The van der Waals surface area contributed by atoms with Crippen LogP contribution in [0.3, 0.4) is 0 Å². The van der Waals surface area contributed by atoms with Crippen LogP contribution < -0.4 is 19.5 Å². The zero-order valence-corrected chi connectivity index (χ0v) is 18.1. The molecule has 1 aromatic carbocycles. The van der Waals surface area contributed by atoms with E-state index in [1.807, 2.05) is 32.0 Å². The second-order valence-corrected chi connectivity index (χ2v) is 6.73. The average molecular weight is 422 g/mol. The average Bonchev–Trinajstić information content (AvgIpc) is 2.79. The van der Waals surface area contributed by atoms with E-state index in [0.717, 1.165) is 16.8 Å². The molecule has 0 saturated carbocycles. The van der Waals surface area contributed by atoms with E-state index in [0.29, 0.717) is 42.6 Å². The Labute approximate surface area is 181 Å². The lowest BCUT2D eigenvalue weighted by Crippen LogP contribution is -2.26. The Morgan fingerprint density at radius 3 is 2.42 bits per heavy atom. The zero-order valence-electron chi connectivity index (χ0n) is 18.1. The van der Waals surface area contributed by atoms with Crippen LogP contribution in [-0.2, 0) is 6.42 Å². The first-order chi connectivity index (χ1) is 15.0. The second kappa shape index (κ2) is 10.4. The maximum atomic E-state index is 12.6. The normalized spacial score (nSPS) is 10.5. The number of carbonyl (C=O) groups is 1. The minimum absolute atomic E-state index is 0.244. The summed E-state index contributed by atoms with van der Waals surface area (Å²) in [6, 6.07) is 9.28. The van der Waals surface area contributed by atoms with Crippen LogP contribution in [0.2, 0.25) is 0 Å². The first kappa shape index (κ1) is 22.0. The lowest BCUT2D eigenvalue weighted by atomic mass is 10.1. The lowest BCUT2D eigenvalue weighted by molar-refractivity contribution is 0.0949. The van der Waals surface area contributed by atoms with Gasteiger partial charge in [-0.3, -0.25) is 9.78 Å². The summed E-state index contributed by atoms with van der Waals surface area (Å²) in [5, 5.41) is 2.88. The lowest BCUT2D eigenvalue weighted by Gasteiger charge is -2.10. The number of nitrogens with one attached hydrogen (secondary N) is 1. The molecule has 0 unspecified atom stereocenters. The number of benzene rings is 1. The first-order valence-corrected chi connectivity index (χ1v) is 9.97. The summed E-state index contributed by atoms with van der Waals surface area (Å²) in [6.07, 6.45) is 3.68. The summed E-state index contributed by atoms with van der Waals surface area (Å²) in [4.78, 5) is 25.6. The van der Waals surface area contributed by atoms with Crippen LogP contribution in [0.25, 0.3) is 11.3 Å². The van der Waals surface area contributed by atoms with E-state index in [-0.39, 0.29) is 11.6 Å². The number of amides is 1. The van der Waals surface area contributed by atoms with E-state index in [4.69, 9.17) is 14.2 Å². The Kier molecular flexibility index (Phi) is 7.37. The molecule has 2 heterocycles. The molecule has 1 N–H and O–H groups in total. The van der Waals surface area contributed by atoms with E-state index in [2.05, 4.69) is 20.3 Å². The maximum Gasteiger partial charge on any atom is 0.271 e. The highest BCUT2D eigenvalue weighted by Gasteiger charge is 2.12. The molecule has 3 rings (SSSR count). The molecular weight excluding hydrogens is 396 g/mol. The number of nitrogens with zero attached hydrogens (tertiary/aromatic N) is 3. The molecule has 0 aliphatic heterocycles. The van der Waals surface area contributed by atoms with E-state index < -0.39 is 0 Å². The number of hydrogen-bond donors (Lipinski definition) is 1. The van der Waals surface area contributed by atoms with E-state index in [9.17, 15) is 4.79 Å². The standard InChI is InChI=1S/C23H26N4O4/c1-5-31-22-7-6-19(15(2)26-22)20-13-24-14-21(27-20)23(28)25-9-8-16-10-17(29-3)12-18(11-16)30-4/h6-7,10-14H,5,8-9H2,1-4H3,(H,25,28). The molecule has 0 fully saturated rings. The highest BCUT2D eigenvalue weighted by molar-refractivity contribution is 5.92. The predicted octanol–water partition coefficient (Wildman–Crippen LogP) is 3.24. The molecule has 8 heteroatoms. The van der Waals surface area contributed by atoms with Crippen molar-refractivity contribution in [3.63, 3.8) is 0 Å². The maximum absolute atomic E-state index is 12.6. The highest BCUT2D eigenvalue weighted by Crippen LogP contribution is 2.23. The minimum Gasteiger partial charge on any atom is -0.497 e. The van der Waals surface area contributed by atoms with Gasteiger partial charge in [-0.15, -0.1) is 0 Å². The molecule has 1 amide bonds. The fourth-order valence-corrected chi connectivity index (χ4v) is 3.06. The van der Waals surface area contributed by atoms with Crippen molar-refractivity contribution >= 4 is 5.91 Å². The van der Waals surface area contributed by atoms with Gasteiger partial charge in [0.1, 0.15) is 17.2 Å². The van der Waals surface area contributed by atoms with Crippen molar-refractivity contribution in [1.29, 1.82) is 0 Å². The van der Waals surface area contributed by atoms with Gasteiger partial charge in [-0.05, 0) is 44.0 Å². The molecule has 3 aromatic rings. The van der Waals surface area contributed by atoms with Gasteiger partial charge >= 0.3 is 0 Å². The van der Waals surface area contributed by atoms with Gasteiger partial charge in [-0.1, -0.05) is 0 Å². The highest BCUT2D eigenvalue weighted by atomic mass is 16.5. The number of carbonyl (C=O) groups excluding carboxylic acids is 1. The summed E-state index contributed by atoms with van der Waals surface area (Å²) < 4.78 is 16.0. The van der Waals surface area contributed by atoms with Gasteiger partial charge < -0.3 is 19.5 Å². The number of ether oxygens (including phenoxy) is 3. The molecule has 8 nitrogen and oxygen atoms in total. The van der Waals surface area contributed by atoms with Crippen LogP contribution in [-0.4, -0.2) is 48.2 Å². The van der Waals surface area contributed by atoms with Crippen LogP contribution in [0.15, 0.2) is 42.7 Å². The van der Waals surface area contributed by atoms with E-state index in [1.54, 1.807) is 32.5 Å². The summed E-state index contributed by atoms with van der Waals surface area (Å²) in [5.41, 5.74) is 3.37. The monoisotopic (exact) mass is 422 g/mol. The molecule has 0 aliphatic carbocycles. The van der Waals surface area contributed by atoms with Crippen LogP contribution in [0.1, 0.15) is 28.7 Å².